The summed E-state index contributed by atoms with van der Waals surface area (Å²) in [6.45, 7) is 2.41. The van der Waals surface area contributed by atoms with Crippen LogP contribution in [0.25, 0.3) is 33.7 Å². The smallest absolute Gasteiger partial charge is 0.284 e. The number of nitrogens with zero attached hydrogens (tertiary/aromatic N) is 5. The molecule has 1 fully saturated rings. The number of ether oxygens (including phenoxy) is 1. The third kappa shape index (κ3) is 4.41. The second-order valence-corrected chi connectivity index (χ2v) is 9.29. The van der Waals surface area contributed by atoms with Gasteiger partial charge in [-0.1, -0.05) is 36.4 Å². The van der Waals surface area contributed by atoms with Crippen LogP contribution in [-0.4, -0.2) is 55.4 Å². The largest absolute Gasteiger partial charge is 0.497 e. The van der Waals surface area contributed by atoms with E-state index in [0.29, 0.717) is 17.7 Å². The number of aromatic nitrogens is 4. The van der Waals surface area contributed by atoms with Gasteiger partial charge in [0.25, 0.3) is 5.56 Å². The van der Waals surface area contributed by atoms with Crippen molar-refractivity contribution in [2.24, 2.45) is 0 Å². The van der Waals surface area contributed by atoms with E-state index in [1.165, 1.54) is 11.9 Å². The topological polar surface area (TPSA) is 85.4 Å². The number of imidazole rings is 1. The molecule has 1 aliphatic rings. The summed E-state index contributed by atoms with van der Waals surface area (Å²) in [7, 11) is 1.62. The van der Waals surface area contributed by atoms with Crippen LogP contribution in [-0.2, 0) is 6.54 Å². The molecule has 0 bridgehead atoms. The zero-order chi connectivity index (χ0) is 25.4. The van der Waals surface area contributed by atoms with Crippen molar-refractivity contribution in [3.8, 4) is 28.3 Å². The van der Waals surface area contributed by atoms with E-state index in [9.17, 15) is 9.90 Å². The van der Waals surface area contributed by atoms with E-state index in [-0.39, 0.29) is 11.7 Å². The third-order valence-corrected chi connectivity index (χ3v) is 6.93. The Hall–Kier alpha value is -4.27. The molecule has 5 aromatic rings. The molecule has 3 heterocycles. The maximum Gasteiger partial charge on any atom is 0.284 e. The first-order valence-electron chi connectivity index (χ1n) is 12.3. The van der Waals surface area contributed by atoms with Crippen LogP contribution in [0.1, 0.15) is 12.0 Å². The Bertz CT molecular complexity index is 1610. The normalized spacial score (nSPS) is 15.9. The number of aliphatic hydroxyl groups excluding tert-OH is 1. The molecule has 0 spiro atoms. The first kappa shape index (κ1) is 23.1. The summed E-state index contributed by atoms with van der Waals surface area (Å²) in [6, 6.07) is 23.7. The highest BCUT2D eigenvalue weighted by Gasteiger charge is 2.21. The van der Waals surface area contributed by atoms with Gasteiger partial charge in [-0.05, 0) is 59.5 Å². The van der Waals surface area contributed by atoms with Crippen LogP contribution in [0.3, 0.4) is 0 Å². The summed E-state index contributed by atoms with van der Waals surface area (Å²) in [5, 5.41) is 9.90. The van der Waals surface area contributed by atoms with Gasteiger partial charge in [-0.15, -0.1) is 0 Å². The van der Waals surface area contributed by atoms with E-state index >= 15 is 0 Å². The molecule has 1 saturated heterocycles. The molecular weight excluding hydrogens is 466 g/mol. The van der Waals surface area contributed by atoms with E-state index in [4.69, 9.17) is 4.74 Å². The Balaban J connectivity index is 1.33. The fraction of sp³-hybridized carbons (Fsp3) is 0.207. The number of rotatable bonds is 6. The van der Waals surface area contributed by atoms with Crippen molar-refractivity contribution >= 4 is 11.2 Å². The molecule has 1 aliphatic heterocycles. The maximum absolute atomic E-state index is 13.5. The molecule has 0 unspecified atom stereocenters. The lowest BCUT2D eigenvalue weighted by Crippen LogP contribution is -2.21. The summed E-state index contributed by atoms with van der Waals surface area (Å²) in [5.41, 5.74) is 5.58. The van der Waals surface area contributed by atoms with Gasteiger partial charge in [0.1, 0.15) is 18.4 Å². The summed E-state index contributed by atoms with van der Waals surface area (Å²) < 4.78 is 8.54. The number of hydrogen-bond acceptors (Lipinski definition) is 6. The zero-order valence-electron chi connectivity index (χ0n) is 20.5. The van der Waals surface area contributed by atoms with Gasteiger partial charge in [-0.3, -0.25) is 18.8 Å². The number of fused-ring (bicyclic) bond motifs is 1. The summed E-state index contributed by atoms with van der Waals surface area (Å²) >= 11 is 0. The molecule has 8 heteroatoms. The van der Waals surface area contributed by atoms with E-state index in [1.807, 2.05) is 60.7 Å². The van der Waals surface area contributed by atoms with Gasteiger partial charge in [0.15, 0.2) is 11.2 Å². The van der Waals surface area contributed by atoms with Gasteiger partial charge in [0.2, 0.25) is 0 Å². The van der Waals surface area contributed by atoms with Crippen LogP contribution < -0.4 is 10.3 Å². The highest BCUT2D eigenvalue weighted by Crippen LogP contribution is 2.27. The number of benzene rings is 3. The molecule has 37 heavy (non-hydrogen) atoms. The van der Waals surface area contributed by atoms with Gasteiger partial charge >= 0.3 is 0 Å². The molecule has 186 valence electrons. The lowest BCUT2D eigenvalue weighted by atomic mass is 9.99. The summed E-state index contributed by atoms with van der Waals surface area (Å²) in [4.78, 5) is 24.6. The van der Waals surface area contributed by atoms with E-state index in [1.54, 1.807) is 22.6 Å². The lowest BCUT2D eigenvalue weighted by molar-refractivity contribution is 0.175. The van der Waals surface area contributed by atoms with Crippen molar-refractivity contribution in [2.45, 2.75) is 19.1 Å². The predicted molar refractivity (Wildman–Crippen MR) is 142 cm³/mol. The van der Waals surface area contributed by atoms with Crippen molar-refractivity contribution in [3.05, 3.63) is 101 Å². The van der Waals surface area contributed by atoms with Crippen LogP contribution in [0.15, 0.2) is 90.2 Å². The first-order chi connectivity index (χ1) is 18.1. The molecule has 6 rings (SSSR count). The van der Waals surface area contributed by atoms with Crippen molar-refractivity contribution in [1.82, 2.24) is 24.0 Å². The Labute approximate surface area is 214 Å². The van der Waals surface area contributed by atoms with Crippen LogP contribution >= 0.6 is 0 Å². The Kier molecular flexibility index (Phi) is 6.04. The quantitative estimate of drug-likeness (QED) is 0.387. The number of aliphatic hydroxyl groups is 1. The molecule has 8 nitrogen and oxygen atoms in total. The predicted octanol–water partition coefficient (Wildman–Crippen LogP) is 3.81. The Morgan fingerprint density at radius 3 is 2.30 bits per heavy atom. The molecule has 3 aromatic carbocycles. The second-order valence-electron chi connectivity index (χ2n) is 9.29. The highest BCUT2D eigenvalue weighted by atomic mass is 16.5. The minimum Gasteiger partial charge on any atom is -0.497 e. The molecule has 1 atom stereocenters. The van der Waals surface area contributed by atoms with E-state index < -0.39 is 0 Å². The van der Waals surface area contributed by atoms with Gasteiger partial charge in [-0.25, -0.2) is 9.97 Å². The van der Waals surface area contributed by atoms with Gasteiger partial charge in [-0.2, -0.15) is 0 Å². The average Bonchev–Trinajstić information content (AvgIpc) is 3.56. The summed E-state index contributed by atoms with van der Waals surface area (Å²) in [6.07, 6.45) is 3.72. The van der Waals surface area contributed by atoms with Crippen molar-refractivity contribution in [1.29, 1.82) is 0 Å². The molecule has 0 amide bonds. The number of hydrogen-bond donors (Lipinski definition) is 1. The zero-order valence-corrected chi connectivity index (χ0v) is 20.5. The van der Waals surface area contributed by atoms with E-state index in [0.717, 1.165) is 47.8 Å². The number of β-amino-alcohol motifs (C(OH)–C–C–N with tert-alkyl or cyclic N) is 1. The van der Waals surface area contributed by atoms with Crippen molar-refractivity contribution in [2.75, 3.05) is 20.2 Å². The minimum atomic E-state index is -0.239. The van der Waals surface area contributed by atoms with Gasteiger partial charge in [0.05, 0.1) is 18.9 Å². The van der Waals surface area contributed by atoms with Crippen LogP contribution in [0, 0.1) is 0 Å². The molecule has 1 N–H and O–H groups in total. The third-order valence-electron chi connectivity index (χ3n) is 6.93. The first-order valence-corrected chi connectivity index (χ1v) is 12.3. The van der Waals surface area contributed by atoms with E-state index in [2.05, 4.69) is 27.0 Å². The van der Waals surface area contributed by atoms with Crippen LogP contribution in [0.2, 0.25) is 0 Å². The summed E-state index contributed by atoms with van der Waals surface area (Å²) in [5.74, 6) is 0.739. The lowest BCUT2D eigenvalue weighted by Gasteiger charge is -2.18. The van der Waals surface area contributed by atoms with Gasteiger partial charge in [0, 0.05) is 25.3 Å². The number of likely N-dealkylation sites (tertiary alicyclic amines) is 1. The van der Waals surface area contributed by atoms with Crippen molar-refractivity contribution < 1.29 is 9.84 Å². The minimum absolute atomic E-state index is 0.195. The van der Waals surface area contributed by atoms with Crippen LogP contribution in [0.5, 0.6) is 5.75 Å². The SMILES string of the molecule is COc1ccc(-n2cnc3ncn(-c4ccc(-c5ccccc5CN5CC[C@@H](O)C5)cc4)c(=O)c32)cc1. The molecule has 0 saturated carbocycles. The molecular formula is C29H27N5O3. The molecule has 0 aliphatic carbocycles. The highest BCUT2D eigenvalue weighted by molar-refractivity contribution is 5.73. The molecule has 2 aromatic heterocycles. The Morgan fingerprint density at radius 1 is 0.919 bits per heavy atom. The number of methoxy groups -OCH3 is 1. The fourth-order valence-electron chi connectivity index (χ4n) is 4.97. The van der Waals surface area contributed by atoms with Crippen LogP contribution in [0.4, 0.5) is 0 Å². The van der Waals surface area contributed by atoms with Gasteiger partial charge < -0.3 is 9.84 Å². The average molecular weight is 494 g/mol. The van der Waals surface area contributed by atoms with Crippen molar-refractivity contribution in [3.63, 3.8) is 0 Å². The second kappa shape index (κ2) is 9.65. The fourth-order valence-corrected chi connectivity index (χ4v) is 4.97. The molecule has 0 radical (unpaired) electrons. The monoisotopic (exact) mass is 493 g/mol. The maximum atomic E-state index is 13.5. The standard InChI is InChI=1S/C29H27N5O3/c1-37-25-12-10-22(11-13-25)33-18-30-28-27(33)29(36)34(19-31-28)23-8-6-20(7-9-23)26-5-3-2-4-21(26)16-32-15-14-24(35)17-32/h2-13,18-19,24,35H,14-17H2,1H3/t24-/m1/s1. The Morgan fingerprint density at radius 2 is 1.59 bits per heavy atom.